The molecule has 4 rings (SSSR count). The van der Waals surface area contributed by atoms with E-state index in [1.165, 1.54) is 18.3 Å². The summed E-state index contributed by atoms with van der Waals surface area (Å²) in [6, 6.07) is 15.7. The van der Waals surface area contributed by atoms with Crippen molar-refractivity contribution in [3.63, 3.8) is 0 Å². The van der Waals surface area contributed by atoms with Gasteiger partial charge in [0, 0.05) is 35.9 Å². The second-order valence-corrected chi connectivity index (χ2v) is 7.30. The fourth-order valence-corrected chi connectivity index (χ4v) is 3.06. The van der Waals surface area contributed by atoms with Gasteiger partial charge >= 0.3 is 0 Å². The highest BCUT2D eigenvalue weighted by Gasteiger charge is 2.07. The molecule has 33 heavy (non-hydrogen) atoms. The number of hydrogen-bond donors (Lipinski definition) is 3. The second-order valence-electron chi connectivity index (χ2n) is 7.30. The number of carbonyl (C=O) groups excluding carboxylic acids is 1. The molecule has 3 aromatic heterocycles. The van der Waals surface area contributed by atoms with E-state index in [4.69, 9.17) is 0 Å². The van der Waals surface area contributed by atoms with Crippen LogP contribution in [0.2, 0.25) is 0 Å². The van der Waals surface area contributed by atoms with Gasteiger partial charge in [-0.2, -0.15) is 5.10 Å². The first kappa shape index (κ1) is 21.6. The molecule has 0 atom stereocenters. The van der Waals surface area contributed by atoms with Gasteiger partial charge in [0.1, 0.15) is 29.8 Å². The molecule has 0 radical (unpaired) electrons. The Kier molecular flexibility index (Phi) is 6.35. The first-order valence-corrected chi connectivity index (χ1v) is 10.2. The van der Waals surface area contributed by atoms with Crippen LogP contribution in [-0.2, 0) is 11.3 Å². The summed E-state index contributed by atoms with van der Waals surface area (Å²) in [5, 5.41) is 13.0. The number of anilines is 5. The molecular weight excluding hydrogens is 420 g/mol. The van der Waals surface area contributed by atoms with E-state index in [0.29, 0.717) is 29.0 Å². The maximum Gasteiger partial charge on any atom is 0.267 e. The zero-order chi connectivity index (χ0) is 23.2. The van der Waals surface area contributed by atoms with E-state index in [1.807, 2.05) is 38.1 Å². The molecule has 0 saturated heterocycles. The molecule has 0 spiro atoms. The Morgan fingerprint density at radius 2 is 1.61 bits per heavy atom. The van der Waals surface area contributed by atoms with Crippen LogP contribution in [0.15, 0.2) is 71.8 Å². The molecule has 0 saturated carbocycles. The van der Waals surface area contributed by atoms with Crippen LogP contribution in [-0.4, -0.2) is 30.6 Å². The molecule has 1 aromatic carbocycles. The molecule has 4 aromatic rings. The molecule has 10 nitrogen and oxygen atoms in total. The molecule has 3 N–H and O–H groups in total. The first-order valence-electron chi connectivity index (χ1n) is 10.2. The first-order chi connectivity index (χ1) is 15.9. The standard InChI is InChI=1S/C23H22N8O2/c1-15-9-11-24-19(12-15)30-21-13-20(26-16(2)27-21)28-17-5-7-18(8-6-17)29-22(32)14-31-23(33)4-3-10-25-31/h3-13H,14H2,1-2H3,(H,29,32)(H2,24,26,27,28,30). The third-order valence-corrected chi connectivity index (χ3v) is 4.53. The Bertz CT molecular complexity index is 1330. The van der Waals surface area contributed by atoms with Gasteiger partial charge in [-0.1, -0.05) is 0 Å². The van der Waals surface area contributed by atoms with Crippen LogP contribution in [0, 0.1) is 13.8 Å². The Morgan fingerprint density at radius 1 is 0.879 bits per heavy atom. The van der Waals surface area contributed by atoms with Crippen molar-refractivity contribution >= 4 is 34.7 Å². The van der Waals surface area contributed by atoms with Crippen molar-refractivity contribution in [2.24, 2.45) is 0 Å². The quantitative estimate of drug-likeness (QED) is 0.398. The highest BCUT2D eigenvalue weighted by molar-refractivity contribution is 5.90. The number of rotatable bonds is 7. The molecule has 0 aliphatic rings. The number of amides is 1. The molecule has 166 valence electrons. The van der Waals surface area contributed by atoms with Crippen molar-refractivity contribution in [3.05, 3.63) is 88.7 Å². The largest absolute Gasteiger partial charge is 0.340 e. The molecule has 0 bridgehead atoms. The molecular formula is C23H22N8O2. The fraction of sp³-hybridized carbons (Fsp3) is 0.130. The Hall–Kier alpha value is -4.60. The van der Waals surface area contributed by atoms with Crippen molar-refractivity contribution in [2.45, 2.75) is 20.4 Å². The number of pyridine rings is 1. The minimum Gasteiger partial charge on any atom is -0.340 e. The van der Waals surface area contributed by atoms with Crippen LogP contribution in [0.5, 0.6) is 0 Å². The third-order valence-electron chi connectivity index (χ3n) is 4.53. The minimum absolute atomic E-state index is 0.161. The highest BCUT2D eigenvalue weighted by atomic mass is 16.2. The van der Waals surface area contributed by atoms with E-state index in [0.717, 1.165) is 15.9 Å². The average molecular weight is 442 g/mol. The van der Waals surface area contributed by atoms with Gasteiger partial charge in [0.25, 0.3) is 5.56 Å². The van der Waals surface area contributed by atoms with Crippen LogP contribution in [0.1, 0.15) is 11.4 Å². The van der Waals surface area contributed by atoms with Gasteiger partial charge in [-0.05, 0) is 61.9 Å². The average Bonchev–Trinajstić information content (AvgIpc) is 2.76. The number of hydrogen-bond acceptors (Lipinski definition) is 8. The van der Waals surface area contributed by atoms with Crippen molar-refractivity contribution in [2.75, 3.05) is 16.0 Å². The Balaban J connectivity index is 1.40. The zero-order valence-electron chi connectivity index (χ0n) is 18.1. The van der Waals surface area contributed by atoms with Crippen LogP contribution in [0.4, 0.5) is 28.8 Å². The summed E-state index contributed by atoms with van der Waals surface area (Å²) in [5.41, 5.74) is 2.14. The van der Waals surface area contributed by atoms with Crippen LogP contribution >= 0.6 is 0 Å². The Morgan fingerprint density at radius 3 is 2.33 bits per heavy atom. The van der Waals surface area contributed by atoms with E-state index < -0.39 is 0 Å². The summed E-state index contributed by atoms with van der Waals surface area (Å²) in [6.07, 6.45) is 3.20. The highest BCUT2D eigenvalue weighted by Crippen LogP contribution is 2.21. The molecule has 0 unspecified atom stereocenters. The summed E-state index contributed by atoms with van der Waals surface area (Å²) < 4.78 is 1.10. The van der Waals surface area contributed by atoms with E-state index in [1.54, 1.807) is 24.4 Å². The van der Waals surface area contributed by atoms with Crippen molar-refractivity contribution < 1.29 is 4.79 Å². The second kappa shape index (κ2) is 9.69. The van der Waals surface area contributed by atoms with Gasteiger partial charge in [-0.25, -0.2) is 19.6 Å². The van der Waals surface area contributed by atoms with Crippen molar-refractivity contribution in [3.8, 4) is 0 Å². The molecule has 1 amide bonds. The maximum absolute atomic E-state index is 12.2. The van der Waals surface area contributed by atoms with Crippen LogP contribution in [0.25, 0.3) is 0 Å². The van der Waals surface area contributed by atoms with E-state index in [9.17, 15) is 9.59 Å². The third kappa shape index (κ3) is 5.97. The maximum atomic E-state index is 12.2. The molecule has 3 heterocycles. The minimum atomic E-state index is -0.344. The summed E-state index contributed by atoms with van der Waals surface area (Å²) >= 11 is 0. The predicted octanol–water partition coefficient (Wildman–Crippen LogP) is 3.17. The predicted molar refractivity (Wildman–Crippen MR) is 126 cm³/mol. The van der Waals surface area contributed by atoms with Gasteiger partial charge in [0.15, 0.2) is 0 Å². The number of carbonyl (C=O) groups is 1. The van der Waals surface area contributed by atoms with Gasteiger partial charge in [0.05, 0.1) is 0 Å². The molecule has 10 heteroatoms. The van der Waals surface area contributed by atoms with Crippen molar-refractivity contribution in [1.29, 1.82) is 0 Å². The smallest absolute Gasteiger partial charge is 0.267 e. The lowest BCUT2D eigenvalue weighted by Gasteiger charge is -2.11. The van der Waals surface area contributed by atoms with Crippen LogP contribution < -0.4 is 21.5 Å². The van der Waals surface area contributed by atoms with Gasteiger partial charge in [-0.3, -0.25) is 9.59 Å². The molecule has 0 aliphatic heterocycles. The lowest BCUT2D eigenvalue weighted by atomic mass is 10.2. The van der Waals surface area contributed by atoms with Crippen LogP contribution in [0.3, 0.4) is 0 Å². The summed E-state index contributed by atoms with van der Waals surface area (Å²) in [5.74, 6) is 2.19. The normalized spacial score (nSPS) is 10.5. The summed E-state index contributed by atoms with van der Waals surface area (Å²) in [4.78, 5) is 37.0. The SMILES string of the molecule is Cc1ccnc(Nc2cc(Nc3ccc(NC(=O)Cn4ncccc4=O)cc3)nc(C)n2)c1. The Labute approximate surface area is 189 Å². The lowest BCUT2D eigenvalue weighted by molar-refractivity contribution is -0.117. The fourth-order valence-electron chi connectivity index (χ4n) is 3.06. The number of aromatic nitrogens is 5. The van der Waals surface area contributed by atoms with Crippen molar-refractivity contribution in [1.82, 2.24) is 24.7 Å². The summed E-state index contributed by atoms with van der Waals surface area (Å²) in [7, 11) is 0. The van der Waals surface area contributed by atoms with E-state index in [-0.39, 0.29) is 18.0 Å². The number of benzene rings is 1. The number of aryl methyl sites for hydroxylation is 2. The lowest BCUT2D eigenvalue weighted by Crippen LogP contribution is -2.28. The topological polar surface area (TPSA) is 127 Å². The van der Waals surface area contributed by atoms with E-state index >= 15 is 0 Å². The van der Waals surface area contributed by atoms with Gasteiger partial charge in [0.2, 0.25) is 5.91 Å². The van der Waals surface area contributed by atoms with Gasteiger partial charge < -0.3 is 16.0 Å². The number of nitrogens with one attached hydrogen (secondary N) is 3. The van der Waals surface area contributed by atoms with Gasteiger partial charge in [-0.15, -0.1) is 0 Å². The van der Waals surface area contributed by atoms with E-state index in [2.05, 4.69) is 36.0 Å². The monoisotopic (exact) mass is 442 g/mol. The molecule has 0 aliphatic carbocycles. The zero-order valence-corrected chi connectivity index (χ0v) is 18.1. The summed E-state index contributed by atoms with van der Waals surface area (Å²) in [6.45, 7) is 3.65. The molecule has 0 fully saturated rings. The number of nitrogens with zero attached hydrogens (tertiary/aromatic N) is 5.